The number of halogens is 2. The highest BCUT2D eigenvalue weighted by Crippen LogP contribution is 2.40. The zero-order valence-corrected chi connectivity index (χ0v) is 13.9. The first kappa shape index (κ1) is 15.0. The summed E-state index contributed by atoms with van der Waals surface area (Å²) in [6.45, 7) is 0. The van der Waals surface area contributed by atoms with Crippen LogP contribution in [0.5, 0.6) is 0 Å². The van der Waals surface area contributed by atoms with Gasteiger partial charge in [-0.2, -0.15) is 0 Å². The second-order valence-corrected chi connectivity index (χ2v) is 6.04. The van der Waals surface area contributed by atoms with Crippen molar-refractivity contribution in [3.8, 4) is 22.5 Å². The van der Waals surface area contributed by atoms with Crippen molar-refractivity contribution in [1.82, 2.24) is 19.7 Å². The number of aryl methyl sites for hydroxylation is 1. The van der Waals surface area contributed by atoms with E-state index in [0.717, 1.165) is 0 Å². The summed E-state index contributed by atoms with van der Waals surface area (Å²) in [6, 6.07) is 5.33. The van der Waals surface area contributed by atoms with Crippen molar-refractivity contribution in [2.24, 2.45) is 7.05 Å². The molecule has 1 N–H and O–H groups in total. The molecule has 4 rings (SSSR count). The van der Waals surface area contributed by atoms with E-state index in [1.165, 1.54) is 10.9 Å². The predicted octanol–water partition coefficient (Wildman–Crippen LogP) is 3.89. The number of nitrogens with one attached hydrogen (secondary N) is 1. The molecule has 0 bridgehead atoms. The Balaban J connectivity index is 1.98. The maximum atomic E-state index is 12.2. The van der Waals surface area contributed by atoms with E-state index in [0.29, 0.717) is 43.5 Å². The summed E-state index contributed by atoms with van der Waals surface area (Å²) < 4.78 is 6.82. The molecule has 0 amide bonds. The Morgan fingerprint density at radius 3 is 2.88 bits per heavy atom. The minimum atomic E-state index is -0.173. The Hall–Kier alpha value is -2.57. The molecule has 0 aliphatic heterocycles. The lowest BCUT2D eigenvalue weighted by atomic mass is 10.0. The van der Waals surface area contributed by atoms with E-state index in [2.05, 4.69) is 15.1 Å². The lowest BCUT2D eigenvalue weighted by molar-refractivity contribution is 0.433. The average molecular weight is 361 g/mol. The summed E-state index contributed by atoms with van der Waals surface area (Å²) in [5.74, 6) is 0.464. The zero-order chi connectivity index (χ0) is 16.8. The summed E-state index contributed by atoms with van der Waals surface area (Å²) in [4.78, 5) is 19.4. The molecule has 0 atom stereocenters. The third-order valence-corrected chi connectivity index (χ3v) is 4.62. The summed E-state index contributed by atoms with van der Waals surface area (Å²) in [7, 11) is 1.64. The third kappa shape index (κ3) is 2.15. The Morgan fingerprint density at radius 1 is 1.21 bits per heavy atom. The summed E-state index contributed by atoms with van der Waals surface area (Å²) >= 11 is 12.4. The van der Waals surface area contributed by atoms with E-state index >= 15 is 0 Å². The first-order chi connectivity index (χ1) is 11.6. The van der Waals surface area contributed by atoms with Crippen LogP contribution in [0.1, 0.15) is 0 Å². The zero-order valence-electron chi connectivity index (χ0n) is 12.4. The van der Waals surface area contributed by atoms with Crippen LogP contribution in [0.4, 0.5) is 0 Å². The van der Waals surface area contributed by atoms with Gasteiger partial charge in [0.15, 0.2) is 5.76 Å². The van der Waals surface area contributed by atoms with E-state index in [-0.39, 0.29) is 5.56 Å². The number of aromatic amines is 1. The molecule has 3 heterocycles. The highest BCUT2D eigenvalue weighted by Gasteiger charge is 2.20. The van der Waals surface area contributed by atoms with Crippen molar-refractivity contribution in [3.05, 3.63) is 57.3 Å². The number of nitrogens with zero attached hydrogens (tertiary/aromatic N) is 3. The molecule has 3 aromatic heterocycles. The van der Waals surface area contributed by atoms with Gasteiger partial charge in [-0.3, -0.25) is 4.79 Å². The van der Waals surface area contributed by atoms with Crippen LogP contribution < -0.4 is 5.56 Å². The molecule has 0 unspecified atom stereocenters. The number of aromatic nitrogens is 4. The number of H-pyrrole nitrogens is 1. The fourth-order valence-corrected chi connectivity index (χ4v) is 3.00. The number of rotatable bonds is 2. The standard InChI is InChI=1S/C16H10Cl2N4O2/c1-22-7-20-13-10(5-19-14(13)16(22)23)15-9(6-21-24-15)8-3-2-4-11(17)12(8)18/h2-7,19H,1H3. The quantitative estimate of drug-likeness (QED) is 0.588. The fraction of sp³-hybridized carbons (Fsp3) is 0.0625. The van der Waals surface area contributed by atoms with Crippen molar-refractivity contribution in [1.29, 1.82) is 0 Å². The Bertz CT molecular complexity index is 1130. The lowest BCUT2D eigenvalue weighted by Gasteiger charge is -2.05. The molecule has 8 heteroatoms. The monoisotopic (exact) mass is 360 g/mol. The minimum absolute atomic E-state index is 0.173. The van der Waals surface area contributed by atoms with E-state index in [1.54, 1.807) is 31.6 Å². The molecular weight excluding hydrogens is 351 g/mol. The average Bonchev–Trinajstić information content (AvgIpc) is 3.20. The third-order valence-electron chi connectivity index (χ3n) is 3.80. The van der Waals surface area contributed by atoms with Gasteiger partial charge < -0.3 is 14.1 Å². The molecule has 0 aliphatic rings. The normalized spacial score (nSPS) is 11.3. The molecule has 4 aromatic rings. The van der Waals surface area contributed by atoms with Crippen LogP contribution in [0.15, 0.2) is 46.2 Å². The first-order valence-electron chi connectivity index (χ1n) is 7.00. The van der Waals surface area contributed by atoms with E-state index < -0.39 is 0 Å². The van der Waals surface area contributed by atoms with Crippen molar-refractivity contribution in [3.63, 3.8) is 0 Å². The van der Waals surface area contributed by atoms with E-state index in [9.17, 15) is 4.79 Å². The molecule has 0 aliphatic carbocycles. The molecular formula is C16H10Cl2N4O2. The van der Waals surface area contributed by atoms with Gasteiger partial charge in [0.2, 0.25) is 0 Å². The molecule has 0 saturated heterocycles. The molecule has 120 valence electrons. The van der Waals surface area contributed by atoms with Crippen LogP contribution in [0, 0.1) is 0 Å². The van der Waals surface area contributed by atoms with Gasteiger partial charge in [0.25, 0.3) is 5.56 Å². The first-order valence-corrected chi connectivity index (χ1v) is 7.75. The van der Waals surface area contributed by atoms with Crippen LogP contribution >= 0.6 is 23.2 Å². The number of fused-ring (bicyclic) bond motifs is 1. The SMILES string of the molecule is Cn1cnc2c(-c3oncc3-c3cccc(Cl)c3Cl)c[nH]c2c1=O. The number of hydrogen-bond donors (Lipinski definition) is 1. The predicted molar refractivity (Wildman–Crippen MR) is 92.3 cm³/mol. The second kappa shape index (κ2) is 5.51. The summed E-state index contributed by atoms with van der Waals surface area (Å²) in [5, 5.41) is 4.72. The second-order valence-electron chi connectivity index (χ2n) is 5.26. The van der Waals surface area contributed by atoms with Gasteiger partial charge in [0.1, 0.15) is 11.0 Å². The molecule has 0 fully saturated rings. The van der Waals surface area contributed by atoms with Gasteiger partial charge >= 0.3 is 0 Å². The highest BCUT2D eigenvalue weighted by atomic mass is 35.5. The lowest BCUT2D eigenvalue weighted by Crippen LogP contribution is -2.16. The van der Waals surface area contributed by atoms with Crippen LogP contribution in [0.25, 0.3) is 33.5 Å². The maximum Gasteiger partial charge on any atom is 0.277 e. The fourth-order valence-electron chi connectivity index (χ4n) is 2.60. The molecule has 1 aromatic carbocycles. The molecule has 0 saturated carbocycles. The largest absolute Gasteiger partial charge is 0.355 e. The van der Waals surface area contributed by atoms with Crippen LogP contribution in [0.2, 0.25) is 10.0 Å². The van der Waals surface area contributed by atoms with Crippen molar-refractivity contribution in [2.45, 2.75) is 0 Å². The van der Waals surface area contributed by atoms with Crippen molar-refractivity contribution in [2.75, 3.05) is 0 Å². The van der Waals surface area contributed by atoms with Gasteiger partial charge in [-0.05, 0) is 6.07 Å². The van der Waals surface area contributed by atoms with Crippen LogP contribution in [-0.4, -0.2) is 19.7 Å². The van der Waals surface area contributed by atoms with Crippen molar-refractivity contribution >= 4 is 34.2 Å². The summed E-state index contributed by atoms with van der Waals surface area (Å²) in [5.41, 5.74) is 2.73. The highest BCUT2D eigenvalue weighted by molar-refractivity contribution is 6.43. The molecule has 0 radical (unpaired) electrons. The van der Waals surface area contributed by atoms with E-state index in [4.69, 9.17) is 27.7 Å². The van der Waals surface area contributed by atoms with E-state index in [1.807, 2.05) is 6.07 Å². The Labute approximate surface area is 145 Å². The number of benzene rings is 1. The van der Waals surface area contributed by atoms with Gasteiger partial charge in [-0.15, -0.1) is 0 Å². The van der Waals surface area contributed by atoms with Crippen LogP contribution in [0.3, 0.4) is 0 Å². The molecule has 24 heavy (non-hydrogen) atoms. The smallest absolute Gasteiger partial charge is 0.277 e. The van der Waals surface area contributed by atoms with Crippen LogP contribution in [-0.2, 0) is 7.05 Å². The Morgan fingerprint density at radius 2 is 2.04 bits per heavy atom. The van der Waals surface area contributed by atoms with Gasteiger partial charge in [-0.1, -0.05) is 40.5 Å². The molecule has 0 spiro atoms. The van der Waals surface area contributed by atoms with Gasteiger partial charge in [0.05, 0.1) is 33.7 Å². The topological polar surface area (TPSA) is 76.7 Å². The van der Waals surface area contributed by atoms with Crippen molar-refractivity contribution < 1.29 is 4.52 Å². The van der Waals surface area contributed by atoms with Gasteiger partial charge in [-0.25, -0.2) is 4.98 Å². The van der Waals surface area contributed by atoms with Gasteiger partial charge in [0, 0.05) is 18.8 Å². The molecule has 6 nitrogen and oxygen atoms in total. The summed E-state index contributed by atoms with van der Waals surface area (Å²) in [6.07, 6.45) is 4.69. The Kier molecular flexibility index (Phi) is 3.44. The number of hydrogen-bond acceptors (Lipinski definition) is 4. The minimum Gasteiger partial charge on any atom is -0.355 e. The maximum absolute atomic E-state index is 12.2.